The van der Waals surface area contributed by atoms with Crippen molar-refractivity contribution in [2.45, 2.75) is 50.7 Å². The minimum atomic E-state index is -0.0720. The maximum atomic E-state index is 13.6. The van der Waals surface area contributed by atoms with E-state index in [1.807, 2.05) is 17.0 Å². The third-order valence-electron chi connectivity index (χ3n) is 6.37. The summed E-state index contributed by atoms with van der Waals surface area (Å²) in [6, 6.07) is 12.2. The summed E-state index contributed by atoms with van der Waals surface area (Å²) in [6.45, 7) is 4.20. The molecule has 4 heterocycles. The number of rotatable bonds is 6. The number of hydrogen-bond acceptors (Lipinski definition) is 6. The summed E-state index contributed by atoms with van der Waals surface area (Å²) >= 11 is 2.75. The van der Waals surface area contributed by atoms with Crippen LogP contribution in [0.5, 0.6) is 0 Å². The molecule has 0 bridgehead atoms. The number of likely N-dealkylation sites (tertiary alicyclic amines) is 1. The second-order valence-corrected chi connectivity index (χ2v) is 10.6. The number of carbonyl (C=O) groups is 1. The van der Waals surface area contributed by atoms with Gasteiger partial charge < -0.3 is 4.90 Å². The number of fused-ring (bicyclic) bond motifs is 3. The molecular formula is C26H28N4O2S2. The number of aryl methyl sites for hydroxylation is 1. The first-order valence-electron chi connectivity index (χ1n) is 11.9. The van der Waals surface area contributed by atoms with Gasteiger partial charge in [-0.3, -0.25) is 14.2 Å². The Morgan fingerprint density at radius 3 is 2.53 bits per heavy atom. The highest BCUT2D eigenvalue weighted by molar-refractivity contribution is 7.99. The van der Waals surface area contributed by atoms with Gasteiger partial charge in [0, 0.05) is 24.7 Å². The lowest BCUT2D eigenvalue weighted by atomic mass is 10.1. The number of aromatic nitrogens is 3. The normalized spacial score (nSPS) is 14.6. The molecule has 0 saturated carbocycles. The molecule has 1 amide bonds. The maximum Gasteiger partial charge on any atom is 0.272 e. The molecule has 1 saturated heterocycles. The number of hydrogen-bond donors (Lipinski definition) is 0. The summed E-state index contributed by atoms with van der Waals surface area (Å²) in [4.78, 5) is 38.7. The number of nitrogens with zero attached hydrogens (tertiary/aromatic N) is 4. The van der Waals surface area contributed by atoms with Crippen LogP contribution in [-0.2, 0) is 17.8 Å². The van der Waals surface area contributed by atoms with Crippen molar-refractivity contribution in [1.82, 2.24) is 19.4 Å². The van der Waals surface area contributed by atoms with Crippen molar-refractivity contribution in [2.75, 3.05) is 18.8 Å². The Hall–Kier alpha value is -2.71. The Kier molecular flexibility index (Phi) is 6.97. The molecule has 0 N–H and O–H groups in total. The van der Waals surface area contributed by atoms with Gasteiger partial charge in [-0.1, -0.05) is 55.8 Å². The van der Waals surface area contributed by atoms with Gasteiger partial charge in [0.25, 0.3) is 5.56 Å². The van der Waals surface area contributed by atoms with Crippen molar-refractivity contribution in [2.24, 2.45) is 0 Å². The SMILES string of the molecule is CCc1ccc(Cn2c(SCC(=O)N3CCCCCC3)nc3c(sc4ncccc43)c2=O)cc1. The molecule has 176 valence electrons. The molecule has 6 nitrogen and oxygen atoms in total. The Balaban J connectivity index is 1.51. The minimum absolute atomic E-state index is 0.0720. The summed E-state index contributed by atoms with van der Waals surface area (Å²) in [5, 5.41) is 1.48. The predicted octanol–water partition coefficient (Wildman–Crippen LogP) is 5.11. The van der Waals surface area contributed by atoms with Crippen molar-refractivity contribution in [1.29, 1.82) is 0 Å². The number of thiophene rings is 1. The van der Waals surface area contributed by atoms with Crippen molar-refractivity contribution in [3.05, 3.63) is 64.1 Å². The van der Waals surface area contributed by atoms with Crippen molar-refractivity contribution in [3.8, 4) is 0 Å². The molecule has 1 fully saturated rings. The maximum absolute atomic E-state index is 13.6. The molecule has 1 aliphatic rings. The van der Waals surface area contributed by atoms with E-state index < -0.39 is 0 Å². The Morgan fingerprint density at radius 2 is 1.79 bits per heavy atom. The first-order valence-corrected chi connectivity index (χ1v) is 13.7. The van der Waals surface area contributed by atoms with Gasteiger partial charge in [0.05, 0.1) is 17.8 Å². The first kappa shape index (κ1) is 23.1. The van der Waals surface area contributed by atoms with Gasteiger partial charge in [0.15, 0.2) is 5.16 Å². The fraction of sp³-hybridized carbons (Fsp3) is 0.385. The van der Waals surface area contributed by atoms with Gasteiger partial charge >= 0.3 is 0 Å². The second kappa shape index (κ2) is 10.3. The van der Waals surface area contributed by atoms with E-state index in [9.17, 15) is 9.59 Å². The van der Waals surface area contributed by atoms with E-state index in [0.29, 0.717) is 21.9 Å². The van der Waals surface area contributed by atoms with Crippen LogP contribution in [0, 0.1) is 0 Å². The van der Waals surface area contributed by atoms with Crippen molar-refractivity contribution in [3.63, 3.8) is 0 Å². The van der Waals surface area contributed by atoms with Crippen LogP contribution < -0.4 is 5.56 Å². The van der Waals surface area contributed by atoms with E-state index in [4.69, 9.17) is 4.98 Å². The van der Waals surface area contributed by atoms with E-state index in [1.165, 1.54) is 41.5 Å². The highest BCUT2D eigenvalue weighted by atomic mass is 32.2. The highest BCUT2D eigenvalue weighted by Gasteiger charge is 2.20. The van der Waals surface area contributed by atoms with Crippen molar-refractivity contribution >= 4 is 49.4 Å². The lowest BCUT2D eigenvalue weighted by molar-refractivity contribution is -0.128. The average Bonchev–Trinajstić information content (AvgIpc) is 3.03. The number of thioether (sulfide) groups is 1. The van der Waals surface area contributed by atoms with Gasteiger partial charge in [-0.05, 0) is 42.5 Å². The fourth-order valence-corrected chi connectivity index (χ4v) is 6.32. The molecule has 3 aromatic heterocycles. The Bertz CT molecular complexity index is 1370. The van der Waals surface area contributed by atoms with Gasteiger partial charge in [0.1, 0.15) is 9.53 Å². The van der Waals surface area contributed by atoms with E-state index in [0.717, 1.165) is 48.1 Å². The molecule has 8 heteroatoms. The average molecular weight is 493 g/mol. The van der Waals surface area contributed by atoms with Crippen LogP contribution in [0.2, 0.25) is 0 Å². The molecule has 34 heavy (non-hydrogen) atoms. The van der Waals surface area contributed by atoms with Gasteiger partial charge in [-0.2, -0.15) is 0 Å². The quantitative estimate of drug-likeness (QED) is 0.276. The number of pyridine rings is 1. The minimum Gasteiger partial charge on any atom is -0.342 e. The molecule has 1 aromatic carbocycles. The zero-order chi connectivity index (χ0) is 23.5. The largest absolute Gasteiger partial charge is 0.342 e. The van der Waals surface area contributed by atoms with Gasteiger partial charge in [-0.25, -0.2) is 9.97 Å². The smallest absolute Gasteiger partial charge is 0.272 e. The third kappa shape index (κ3) is 4.74. The van der Waals surface area contributed by atoms with Crippen LogP contribution in [-0.4, -0.2) is 44.2 Å². The first-order chi connectivity index (χ1) is 16.6. The summed E-state index contributed by atoms with van der Waals surface area (Å²) in [6.07, 6.45) is 7.21. The van der Waals surface area contributed by atoms with Crippen LogP contribution in [0.25, 0.3) is 20.4 Å². The Labute approximate surface area is 207 Å². The van der Waals surface area contributed by atoms with E-state index in [2.05, 4.69) is 36.2 Å². The molecule has 0 spiro atoms. The van der Waals surface area contributed by atoms with Crippen LogP contribution in [0.1, 0.15) is 43.7 Å². The molecular weight excluding hydrogens is 464 g/mol. The molecule has 4 aromatic rings. The van der Waals surface area contributed by atoms with Crippen LogP contribution in [0.4, 0.5) is 0 Å². The molecule has 0 aliphatic carbocycles. The fourth-order valence-electron chi connectivity index (χ4n) is 4.39. The lowest BCUT2D eigenvalue weighted by Crippen LogP contribution is -2.33. The topological polar surface area (TPSA) is 68.1 Å². The van der Waals surface area contributed by atoms with Crippen molar-refractivity contribution < 1.29 is 4.79 Å². The monoisotopic (exact) mass is 492 g/mol. The lowest BCUT2D eigenvalue weighted by Gasteiger charge is -2.20. The van der Waals surface area contributed by atoms with Crippen LogP contribution in [0.3, 0.4) is 0 Å². The zero-order valence-corrected chi connectivity index (χ0v) is 21.0. The summed E-state index contributed by atoms with van der Waals surface area (Å²) in [5.74, 6) is 0.407. The molecule has 1 aliphatic heterocycles. The number of benzene rings is 1. The van der Waals surface area contributed by atoms with E-state index in [1.54, 1.807) is 10.8 Å². The standard InChI is InChI=1S/C26H28N4O2S2/c1-2-18-9-11-19(12-10-18)16-30-25(32)23-22(20-8-7-13-27-24(20)34-23)28-26(30)33-17-21(31)29-14-5-3-4-6-15-29/h7-13H,2-6,14-17H2,1H3. The molecule has 0 unspecified atom stereocenters. The number of amides is 1. The van der Waals surface area contributed by atoms with Gasteiger partial charge in [0.2, 0.25) is 5.91 Å². The summed E-state index contributed by atoms with van der Waals surface area (Å²) < 4.78 is 2.33. The molecule has 0 radical (unpaired) electrons. The Morgan fingerprint density at radius 1 is 1.06 bits per heavy atom. The molecule has 5 rings (SSSR count). The van der Waals surface area contributed by atoms with E-state index in [-0.39, 0.29) is 17.2 Å². The summed E-state index contributed by atoms with van der Waals surface area (Å²) in [5.41, 5.74) is 2.91. The predicted molar refractivity (Wildman–Crippen MR) is 140 cm³/mol. The zero-order valence-electron chi connectivity index (χ0n) is 19.3. The van der Waals surface area contributed by atoms with E-state index >= 15 is 0 Å². The highest BCUT2D eigenvalue weighted by Crippen LogP contribution is 2.31. The third-order valence-corrected chi connectivity index (χ3v) is 8.43. The summed E-state index contributed by atoms with van der Waals surface area (Å²) in [7, 11) is 0. The number of carbonyl (C=O) groups excluding carboxylic acids is 1. The van der Waals surface area contributed by atoms with Gasteiger partial charge in [-0.15, -0.1) is 11.3 Å². The second-order valence-electron chi connectivity index (χ2n) is 8.68. The van der Waals surface area contributed by atoms with Crippen LogP contribution in [0.15, 0.2) is 52.5 Å². The molecule has 0 atom stereocenters. The van der Waals surface area contributed by atoms with Crippen LogP contribution >= 0.6 is 23.1 Å².